The van der Waals surface area contributed by atoms with Crippen LogP contribution in [0.3, 0.4) is 0 Å². The Morgan fingerprint density at radius 1 is 1.02 bits per heavy atom. The summed E-state index contributed by atoms with van der Waals surface area (Å²) in [5.74, 6) is -0.509. The number of carboxylic acid groups (broad SMARTS) is 1. The van der Waals surface area contributed by atoms with Crippen LogP contribution in [0.5, 0.6) is 5.88 Å². The van der Waals surface area contributed by atoms with E-state index < -0.39 is 29.5 Å². The minimum absolute atomic E-state index is 0. The fourth-order valence-corrected chi connectivity index (χ4v) is 6.79. The molecule has 3 atom stereocenters. The maximum absolute atomic E-state index is 12.4. The second-order valence-corrected chi connectivity index (χ2v) is 12.5. The number of ether oxygens (including phenoxy) is 1. The van der Waals surface area contributed by atoms with Crippen molar-refractivity contribution in [2.24, 2.45) is 31.8 Å². The van der Waals surface area contributed by atoms with Gasteiger partial charge in [-0.1, -0.05) is 46.5 Å². The zero-order valence-electron chi connectivity index (χ0n) is 26.7. The summed E-state index contributed by atoms with van der Waals surface area (Å²) in [5, 5.41) is 10.2. The van der Waals surface area contributed by atoms with Gasteiger partial charge in [0.2, 0.25) is 5.88 Å². The van der Waals surface area contributed by atoms with Gasteiger partial charge in [0.25, 0.3) is 6.43 Å². The van der Waals surface area contributed by atoms with Gasteiger partial charge in [-0.2, -0.15) is 24.3 Å². The molecule has 1 aliphatic heterocycles. The van der Waals surface area contributed by atoms with E-state index in [-0.39, 0.29) is 45.9 Å². The number of aryl methyl sites for hydroxylation is 1. The molecule has 2 aliphatic rings. The first kappa shape index (κ1) is 37.1. The molecule has 11 nitrogen and oxygen atoms in total. The maximum Gasteiger partial charge on any atom is 2.00 e. The number of fused-ring (bicyclic) bond motifs is 2. The summed E-state index contributed by atoms with van der Waals surface area (Å²) in [6.45, 7) is 2.28. The number of alkyl halides is 2. The second-order valence-electron chi connectivity index (χ2n) is 11.7. The van der Waals surface area contributed by atoms with Gasteiger partial charge in [-0.15, -0.1) is 17.2 Å². The molecule has 3 aromatic heterocycles. The van der Waals surface area contributed by atoms with E-state index in [0.717, 1.165) is 44.5 Å². The van der Waals surface area contributed by atoms with Crippen molar-refractivity contribution >= 4 is 40.2 Å². The quantitative estimate of drug-likeness (QED) is 0.179. The Labute approximate surface area is 304 Å². The second kappa shape index (κ2) is 15.0. The fourth-order valence-electron chi connectivity index (χ4n) is 6.24. The van der Waals surface area contributed by atoms with Crippen molar-refractivity contribution < 1.29 is 40.5 Å². The molecule has 50 heavy (non-hydrogen) atoms. The molecular formula is C34H28Cl2F2MnN6O5. The third-order valence-corrected chi connectivity index (χ3v) is 9.50. The molecule has 259 valence electrons. The van der Waals surface area contributed by atoms with Crippen LogP contribution in [-0.4, -0.2) is 60.3 Å². The van der Waals surface area contributed by atoms with E-state index in [1.165, 1.54) is 14.1 Å². The van der Waals surface area contributed by atoms with Crippen LogP contribution >= 0.6 is 23.2 Å². The van der Waals surface area contributed by atoms with Crippen LogP contribution in [0, 0.1) is 30.0 Å². The molecule has 7 rings (SSSR count). The Morgan fingerprint density at radius 3 is 2.34 bits per heavy atom. The van der Waals surface area contributed by atoms with E-state index in [1.54, 1.807) is 13.2 Å². The van der Waals surface area contributed by atoms with Crippen LogP contribution in [-0.2, 0) is 42.5 Å². The number of piperidine rings is 1. The van der Waals surface area contributed by atoms with Crippen LogP contribution in [0.15, 0.2) is 58.1 Å². The first-order valence-corrected chi connectivity index (χ1v) is 15.7. The number of nitrogens with zero attached hydrogens (tertiary/aromatic N) is 6. The predicted octanol–water partition coefficient (Wildman–Crippen LogP) is 5.06. The SMILES string of the molecule is COc1nc(-c2cccc(-c3ccc[c-]c3Cl)c2Cl)ccc1CN1C[C@@H]2C(C(=O)O)[C@@H]2C1.Cn1c(=O)c2[c-]nc(C(F)F)nc2n(C)c1=O.[Mn+2]. The van der Waals surface area contributed by atoms with Crippen molar-refractivity contribution in [1.82, 2.24) is 29.0 Å². The Balaban J connectivity index is 0.000000229. The molecule has 1 saturated heterocycles. The van der Waals surface area contributed by atoms with Crippen LogP contribution in [0.25, 0.3) is 33.4 Å². The Hall–Kier alpha value is -4.20. The van der Waals surface area contributed by atoms with Gasteiger partial charge < -0.3 is 33.7 Å². The third kappa shape index (κ3) is 7.03. The van der Waals surface area contributed by atoms with Gasteiger partial charge in [0, 0.05) is 49.9 Å². The summed E-state index contributed by atoms with van der Waals surface area (Å²) in [6, 6.07) is 18.3. The van der Waals surface area contributed by atoms with Crippen molar-refractivity contribution in [1.29, 1.82) is 0 Å². The first-order valence-electron chi connectivity index (χ1n) is 15.0. The molecule has 1 aliphatic carbocycles. The van der Waals surface area contributed by atoms with Crippen LogP contribution < -0.4 is 16.0 Å². The number of aliphatic carboxylic acids is 1. The van der Waals surface area contributed by atoms with Gasteiger partial charge >= 0.3 is 28.7 Å². The number of likely N-dealkylation sites (tertiary alicyclic amines) is 1. The van der Waals surface area contributed by atoms with E-state index in [1.807, 2.05) is 42.5 Å². The minimum Gasteiger partial charge on any atom is -0.481 e. The molecule has 2 fully saturated rings. The molecule has 5 aromatic rings. The molecule has 0 amide bonds. The monoisotopic (exact) mass is 763 g/mol. The van der Waals surface area contributed by atoms with Gasteiger partial charge in [-0.05, 0) is 29.5 Å². The molecule has 1 saturated carbocycles. The van der Waals surface area contributed by atoms with Gasteiger partial charge in [-0.25, -0.2) is 18.6 Å². The summed E-state index contributed by atoms with van der Waals surface area (Å²) in [5.41, 5.74) is 2.65. The van der Waals surface area contributed by atoms with Crippen molar-refractivity contribution in [3.8, 4) is 28.3 Å². The van der Waals surface area contributed by atoms with Gasteiger partial charge in [0.15, 0.2) is 5.56 Å². The molecule has 0 spiro atoms. The zero-order chi connectivity index (χ0) is 35.1. The van der Waals surface area contributed by atoms with Gasteiger partial charge in [0.05, 0.1) is 24.4 Å². The van der Waals surface area contributed by atoms with Crippen LogP contribution in [0.4, 0.5) is 8.78 Å². The van der Waals surface area contributed by atoms with Crippen molar-refractivity contribution in [3.63, 3.8) is 0 Å². The molecule has 1 unspecified atom stereocenters. The molecule has 1 radical (unpaired) electrons. The standard InChI is InChI=1S/C25H21Cl2N2O3.C9H7F2N4O2.Mn/c1-32-24-14(11-29-12-18-19(13-29)22(18)25(30)31)9-10-21(28-24)17-7-4-6-16(23(17)27)15-5-2-3-8-20(15)26;1-14-7-4(8(16)15(2)9(14)17)3-12-6(13-7)5(10)11;/h2-7,9-10,18-19,22H,11-13H2,1H3,(H,30,31);5H,1-2H3;/q2*-1;+2/t18-,19+,22?;;. The normalized spacial score (nSPS) is 17.9. The molecule has 2 aromatic carbocycles. The van der Waals surface area contributed by atoms with Crippen molar-refractivity contribution in [3.05, 3.63) is 103 Å². The third-order valence-electron chi connectivity index (χ3n) is 8.78. The number of pyridine rings is 1. The zero-order valence-corrected chi connectivity index (χ0v) is 29.4. The molecule has 4 heterocycles. The summed E-state index contributed by atoms with van der Waals surface area (Å²) < 4.78 is 32.2. The number of rotatable bonds is 7. The number of hydrogen-bond acceptors (Lipinski definition) is 8. The Kier molecular flexibility index (Phi) is 11.1. The number of benzene rings is 2. The Bertz CT molecular complexity index is 2210. The number of carbonyl (C=O) groups is 1. The summed E-state index contributed by atoms with van der Waals surface area (Å²) >= 11 is 13.1. The van der Waals surface area contributed by atoms with Gasteiger partial charge in [-0.3, -0.25) is 9.69 Å². The smallest absolute Gasteiger partial charge is 0.481 e. The number of hydrogen-bond donors (Lipinski definition) is 1. The summed E-state index contributed by atoms with van der Waals surface area (Å²) in [7, 11) is 4.22. The van der Waals surface area contributed by atoms with E-state index >= 15 is 0 Å². The van der Waals surface area contributed by atoms with Gasteiger partial charge in [0.1, 0.15) is 5.82 Å². The maximum atomic E-state index is 12.4. The van der Waals surface area contributed by atoms with Crippen molar-refractivity contribution in [2.75, 3.05) is 20.2 Å². The number of aromatic nitrogens is 5. The molecule has 1 N–H and O–H groups in total. The average Bonchev–Trinajstić information content (AvgIpc) is 3.62. The number of methoxy groups -OCH3 is 1. The van der Waals surface area contributed by atoms with Crippen LogP contribution in [0.2, 0.25) is 10.0 Å². The molecular weight excluding hydrogens is 736 g/mol. The van der Waals surface area contributed by atoms with Crippen LogP contribution in [0.1, 0.15) is 17.8 Å². The largest absolute Gasteiger partial charge is 2.00 e. The van der Waals surface area contributed by atoms with E-state index in [9.17, 15) is 28.3 Å². The average molecular weight is 764 g/mol. The van der Waals surface area contributed by atoms with E-state index in [0.29, 0.717) is 28.2 Å². The predicted molar refractivity (Wildman–Crippen MR) is 178 cm³/mol. The number of halogens is 4. The Morgan fingerprint density at radius 2 is 1.70 bits per heavy atom. The summed E-state index contributed by atoms with van der Waals surface area (Å²) in [6.07, 6.45) is -0.687. The topological polar surface area (TPSA) is 132 Å². The van der Waals surface area contributed by atoms with E-state index in [4.69, 9.17) is 32.9 Å². The number of carboxylic acids is 1. The summed E-state index contributed by atoms with van der Waals surface area (Å²) in [4.78, 5) is 48.1. The van der Waals surface area contributed by atoms with E-state index in [2.05, 4.69) is 27.1 Å². The minimum atomic E-state index is -2.88. The molecule has 16 heteroatoms. The van der Waals surface area contributed by atoms with Crippen molar-refractivity contribution in [2.45, 2.75) is 13.0 Å². The molecule has 0 bridgehead atoms. The fraction of sp³-hybridized carbons (Fsp3) is 0.294. The first-order chi connectivity index (χ1) is 23.4.